The van der Waals surface area contributed by atoms with E-state index in [2.05, 4.69) is 5.32 Å². The molecule has 74 valence electrons. The highest BCUT2D eigenvalue weighted by molar-refractivity contribution is 5.75. The Morgan fingerprint density at radius 3 is 2.50 bits per heavy atom. The number of benzene rings is 1. The maximum atomic E-state index is 10.3. The summed E-state index contributed by atoms with van der Waals surface area (Å²) in [6.07, 6.45) is 0.844. The number of nitrogens with one attached hydrogen (secondary N) is 1. The van der Waals surface area contributed by atoms with E-state index >= 15 is 0 Å². The van der Waals surface area contributed by atoms with Crippen LogP contribution in [0, 0.1) is 0 Å². The molecule has 0 atom stereocenters. The minimum Gasteiger partial charge on any atom is -0.481 e. The molecular weight excluding hydrogens is 182 g/mol. The smallest absolute Gasteiger partial charge is 0.305 e. The Morgan fingerprint density at radius 1 is 1.36 bits per heavy atom. The number of rotatable bonds is 5. The summed E-state index contributed by atoms with van der Waals surface area (Å²) in [7, 11) is 0. The molecule has 0 bridgehead atoms. The van der Waals surface area contributed by atoms with E-state index in [1.165, 1.54) is 0 Å². The fourth-order valence-electron chi connectivity index (χ4n) is 0.993. The van der Waals surface area contributed by atoms with E-state index in [9.17, 15) is 9.59 Å². The normalized spacial score (nSPS) is 9.43. The van der Waals surface area contributed by atoms with Gasteiger partial charge in [-0.2, -0.15) is 0 Å². The first-order valence-corrected chi connectivity index (χ1v) is 4.23. The largest absolute Gasteiger partial charge is 0.481 e. The van der Waals surface area contributed by atoms with Crippen LogP contribution in [-0.2, 0) is 4.79 Å². The summed E-state index contributed by atoms with van der Waals surface area (Å²) < 4.78 is 0. The molecule has 0 saturated carbocycles. The highest BCUT2D eigenvalue weighted by atomic mass is 16.4. The third kappa shape index (κ3) is 3.26. The van der Waals surface area contributed by atoms with Crippen LogP contribution < -0.4 is 5.32 Å². The zero-order valence-electron chi connectivity index (χ0n) is 7.56. The molecule has 0 aliphatic rings. The molecule has 0 unspecified atom stereocenters. The third-order valence-corrected chi connectivity index (χ3v) is 1.71. The second kappa shape index (κ2) is 5.01. The number of carbonyl (C=O) groups is 2. The van der Waals surface area contributed by atoms with Crippen LogP contribution in [0.4, 0.5) is 5.69 Å². The lowest BCUT2D eigenvalue weighted by Crippen LogP contribution is -2.07. The lowest BCUT2D eigenvalue weighted by atomic mass is 10.2. The predicted octanol–water partition coefficient (Wildman–Crippen LogP) is 1.39. The van der Waals surface area contributed by atoms with Crippen molar-refractivity contribution in [2.24, 2.45) is 0 Å². The molecule has 4 heteroatoms. The maximum Gasteiger partial charge on any atom is 0.305 e. The minimum atomic E-state index is -0.831. The number of carboxylic acid groups (broad SMARTS) is 1. The van der Waals surface area contributed by atoms with Crippen molar-refractivity contribution in [3.05, 3.63) is 29.8 Å². The molecule has 4 nitrogen and oxygen atoms in total. The molecule has 14 heavy (non-hydrogen) atoms. The average Bonchev–Trinajstić information content (AvgIpc) is 2.18. The van der Waals surface area contributed by atoms with E-state index in [0.29, 0.717) is 12.1 Å². The van der Waals surface area contributed by atoms with Gasteiger partial charge in [0.2, 0.25) is 0 Å². The molecule has 0 amide bonds. The van der Waals surface area contributed by atoms with Crippen LogP contribution >= 0.6 is 0 Å². The number of carbonyl (C=O) groups excluding carboxylic acids is 1. The molecule has 1 rings (SSSR count). The van der Waals surface area contributed by atoms with Gasteiger partial charge in [-0.05, 0) is 24.3 Å². The van der Waals surface area contributed by atoms with E-state index in [1.54, 1.807) is 24.3 Å². The quantitative estimate of drug-likeness (QED) is 0.693. The summed E-state index contributed by atoms with van der Waals surface area (Å²) in [6.45, 7) is 0.385. The van der Waals surface area contributed by atoms with Gasteiger partial charge in [0, 0.05) is 17.8 Å². The molecule has 0 aliphatic heterocycles. The van der Waals surface area contributed by atoms with Crippen molar-refractivity contribution in [1.29, 1.82) is 0 Å². The summed E-state index contributed by atoms with van der Waals surface area (Å²) in [6, 6.07) is 6.84. The molecule has 1 aromatic rings. The fraction of sp³-hybridized carbons (Fsp3) is 0.200. The number of hydrogen-bond acceptors (Lipinski definition) is 3. The Kier molecular flexibility index (Phi) is 3.67. The number of anilines is 1. The second-order valence-electron chi connectivity index (χ2n) is 2.81. The first-order valence-electron chi connectivity index (χ1n) is 4.23. The lowest BCUT2D eigenvalue weighted by molar-refractivity contribution is -0.136. The van der Waals surface area contributed by atoms with Crippen molar-refractivity contribution in [1.82, 2.24) is 0 Å². The average molecular weight is 193 g/mol. The molecule has 0 fully saturated rings. The van der Waals surface area contributed by atoms with Crippen LogP contribution in [0.25, 0.3) is 0 Å². The maximum absolute atomic E-state index is 10.3. The first-order chi connectivity index (χ1) is 6.72. The summed E-state index contributed by atoms with van der Waals surface area (Å²) in [4.78, 5) is 20.5. The molecule has 0 aliphatic carbocycles. The topological polar surface area (TPSA) is 66.4 Å². The van der Waals surface area contributed by atoms with Gasteiger partial charge in [-0.25, -0.2) is 0 Å². The van der Waals surface area contributed by atoms with Crippen LogP contribution in [0.3, 0.4) is 0 Å². The molecule has 2 N–H and O–H groups in total. The van der Waals surface area contributed by atoms with Crippen molar-refractivity contribution in [3.63, 3.8) is 0 Å². The van der Waals surface area contributed by atoms with Crippen molar-refractivity contribution in [3.8, 4) is 0 Å². The van der Waals surface area contributed by atoms with Gasteiger partial charge in [0.25, 0.3) is 0 Å². The van der Waals surface area contributed by atoms with Crippen molar-refractivity contribution in [2.75, 3.05) is 11.9 Å². The minimum absolute atomic E-state index is 0.0788. The van der Waals surface area contributed by atoms with Crippen molar-refractivity contribution >= 4 is 17.9 Å². The van der Waals surface area contributed by atoms with Crippen molar-refractivity contribution < 1.29 is 14.7 Å². The molecule has 0 radical (unpaired) electrons. The van der Waals surface area contributed by atoms with Gasteiger partial charge in [0.15, 0.2) is 0 Å². The highest BCUT2D eigenvalue weighted by Gasteiger charge is 1.96. The SMILES string of the molecule is O=Cc1ccc(NCCC(=O)O)cc1. The molecule has 1 aromatic carbocycles. The number of hydrogen-bond donors (Lipinski definition) is 2. The van der Waals surface area contributed by atoms with Gasteiger partial charge >= 0.3 is 5.97 Å². The first kappa shape index (κ1) is 10.2. The van der Waals surface area contributed by atoms with E-state index in [-0.39, 0.29) is 6.42 Å². The van der Waals surface area contributed by atoms with Gasteiger partial charge in [0.05, 0.1) is 6.42 Å². The Balaban J connectivity index is 2.43. The van der Waals surface area contributed by atoms with Crippen LogP contribution in [0.2, 0.25) is 0 Å². The van der Waals surface area contributed by atoms with E-state index in [0.717, 1.165) is 12.0 Å². The van der Waals surface area contributed by atoms with Crippen LogP contribution in [-0.4, -0.2) is 23.9 Å². The van der Waals surface area contributed by atoms with Gasteiger partial charge < -0.3 is 10.4 Å². The summed E-state index contributed by atoms with van der Waals surface area (Å²) in [5.41, 5.74) is 1.42. The third-order valence-electron chi connectivity index (χ3n) is 1.71. The zero-order valence-corrected chi connectivity index (χ0v) is 7.56. The van der Waals surface area contributed by atoms with Crippen LogP contribution in [0.1, 0.15) is 16.8 Å². The van der Waals surface area contributed by atoms with Crippen LogP contribution in [0.15, 0.2) is 24.3 Å². The summed E-state index contributed by atoms with van der Waals surface area (Å²) >= 11 is 0. The predicted molar refractivity (Wildman–Crippen MR) is 52.6 cm³/mol. The monoisotopic (exact) mass is 193 g/mol. The van der Waals surface area contributed by atoms with E-state index in [4.69, 9.17) is 5.11 Å². The van der Waals surface area contributed by atoms with Gasteiger partial charge in [-0.3, -0.25) is 9.59 Å². The van der Waals surface area contributed by atoms with E-state index in [1.807, 2.05) is 0 Å². The highest BCUT2D eigenvalue weighted by Crippen LogP contribution is 2.07. The van der Waals surface area contributed by atoms with Crippen molar-refractivity contribution in [2.45, 2.75) is 6.42 Å². The summed E-state index contributed by atoms with van der Waals surface area (Å²) in [5, 5.41) is 11.3. The Labute approximate surface area is 81.6 Å². The van der Waals surface area contributed by atoms with E-state index < -0.39 is 5.97 Å². The summed E-state index contributed by atoms with van der Waals surface area (Å²) in [5.74, 6) is -0.831. The molecule has 0 aromatic heterocycles. The van der Waals surface area contributed by atoms with Gasteiger partial charge in [0.1, 0.15) is 6.29 Å². The number of carboxylic acids is 1. The Bertz CT molecular complexity index is 319. The molecule has 0 heterocycles. The molecule has 0 saturated heterocycles. The molecular formula is C10H11NO3. The van der Waals surface area contributed by atoms with Crippen LogP contribution in [0.5, 0.6) is 0 Å². The lowest BCUT2D eigenvalue weighted by Gasteiger charge is -2.03. The van der Waals surface area contributed by atoms with Gasteiger partial charge in [-0.1, -0.05) is 0 Å². The van der Waals surface area contributed by atoms with Gasteiger partial charge in [-0.15, -0.1) is 0 Å². The molecule has 0 spiro atoms. The standard InChI is InChI=1S/C10H11NO3/c12-7-8-1-3-9(4-2-8)11-6-5-10(13)14/h1-4,7,11H,5-6H2,(H,13,14). The fourth-order valence-corrected chi connectivity index (χ4v) is 0.993. The number of aldehydes is 1. The zero-order chi connectivity index (χ0) is 10.4. The number of aliphatic carboxylic acids is 1. The Hall–Kier alpha value is -1.84. The second-order valence-corrected chi connectivity index (χ2v) is 2.81. The Morgan fingerprint density at radius 2 is 2.00 bits per heavy atom.